The van der Waals surface area contributed by atoms with Crippen molar-refractivity contribution in [2.45, 2.75) is 13.8 Å². The Morgan fingerprint density at radius 3 is 1.83 bits per heavy atom. The van der Waals surface area contributed by atoms with Crippen LogP contribution in [0.15, 0.2) is 0 Å². The van der Waals surface area contributed by atoms with Crippen LogP contribution in [0.2, 0.25) is 0 Å². The lowest BCUT2D eigenvalue weighted by atomic mass is 10.2. The van der Waals surface area contributed by atoms with Gasteiger partial charge in [-0.25, -0.2) is 9.59 Å². The van der Waals surface area contributed by atoms with Crippen molar-refractivity contribution < 1.29 is 24.5 Å². The molecular formula is C6H11ClO5. The smallest absolute Gasteiger partial charge is 0.453 e. The van der Waals surface area contributed by atoms with Gasteiger partial charge in [-0.15, -0.1) is 0 Å². The normalized spacial score (nSPS) is 8.33. The number of ether oxygens (including phenoxy) is 1. The van der Waals surface area contributed by atoms with Crippen molar-refractivity contribution in [2.24, 2.45) is 5.92 Å². The lowest BCUT2D eigenvalue weighted by Crippen LogP contribution is -2.02. The monoisotopic (exact) mass is 198 g/mol. The molecule has 0 heterocycles. The van der Waals surface area contributed by atoms with E-state index in [1.165, 1.54) is 0 Å². The first kappa shape index (κ1) is 13.6. The summed E-state index contributed by atoms with van der Waals surface area (Å²) < 4.78 is 4.43. The van der Waals surface area contributed by atoms with Gasteiger partial charge >= 0.3 is 11.6 Å². The highest BCUT2D eigenvalue weighted by Gasteiger charge is 1.96. The Bertz CT molecular complexity index is 141. The third-order valence-electron chi connectivity index (χ3n) is 0.530. The average Bonchev–Trinajstić information content (AvgIpc) is 1.82. The predicted molar refractivity (Wildman–Crippen MR) is 42.7 cm³/mol. The standard InChI is InChI=1S/C5H9ClO2.CH2O3/c1-4(2)3-8-5(6)7;2-1(3)4/h4H,3H2,1-2H3;(H2,2,3,4). The molecule has 0 aliphatic rings. The molecule has 0 aromatic rings. The molecule has 0 spiro atoms. The van der Waals surface area contributed by atoms with Crippen LogP contribution in [0.3, 0.4) is 0 Å². The van der Waals surface area contributed by atoms with Gasteiger partial charge in [-0.1, -0.05) is 13.8 Å². The lowest BCUT2D eigenvalue weighted by Gasteiger charge is -2.00. The van der Waals surface area contributed by atoms with E-state index >= 15 is 0 Å². The van der Waals surface area contributed by atoms with Crippen molar-refractivity contribution >= 4 is 23.2 Å². The van der Waals surface area contributed by atoms with E-state index in [1.54, 1.807) is 0 Å². The Labute approximate surface area is 74.9 Å². The summed E-state index contributed by atoms with van der Waals surface area (Å²) in [4.78, 5) is 18.4. The van der Waals surface area contributed by atoms with E-state index < -0.39 is 11.6 Å². The van der Waals surface area contributed by atoms with Gasteiger partial charge in [0.2, 0.25) is 0 Å². The largest absolute Gasteiger partial charge is 0.503 e. The summed E-state index contributed by atoms with van der Waals surface area (Å²) in [7, 11) is 0. The fraction of sp³-hybridized carbons (Fsp3) is 0.667. The Hall–Kier alpha value is -0.970. The Balaban J connectivity index is 0. The maximum atomic E-state index is 9.89. The second kappa shape index (κ2) is 8.13. The first-order valence-corrected chi connectivity index (χ1v) is 3.48. The van der Waals surface area contributed by atoms with E-state index in [0.29, 0.717) is 12.5 Å². The van der Waals surface area contributed by atoms with E-state index in [-0.39, 0.29) is 0 Å². The van der Waals surface area contributed by atoms with Crippen molar-refractivity contribution in [3.63, 3.8) is 0 Å². The molecule has 5 nitrogen and oxygen atoms in total. The van der Waals surface area contributed by atoms with Gasteiger partial charge in [0, 0.05) is 11.6 Å². The fourth-order valence-electron chi connectivity index (χ4n) is 0.232. The van der Waals surface area contributed by atoms with Gasteiger partial charge in [0.25, 0.3) is 0 Å². The van der Waals surface area contributed by atoms with Crippen LogP contribution in [-0.4, -0.2) is 28.4 Å². The number of hydrogen-bond donors (Lipinski definition) is 2. The second-order valence-electron chi connectivity index (χ2n) is 2.23. The molecule has 0 aromatic heterocycles. The van der Waals surface area contributed by atoms with E-state index in [4.69, 9.17) is 26.6 Å². The minimum atomic E-state index is -1.83. The highest BCUT2D eigenvalue weighted by molar-refractivity contribution is 6.61. The molecule has 0 bridgehead atoms. The SMILES string of the molecule is CC(C)COC(=O)Cl.O=C(O)O. The molecule has 0 rings (SSSR count). The second-order valence-corrected chi connectivity index (χ2v) is 2.53. The zero-order valence-corrected chi connectivity index (χ0v) is 7.54. The van der Waals surface area contributed by atoms with E-state index in [9.17, 15) is 4.79 Å². The molecule has 0 radical (unpaired) electrons. The quantitative estimate of drug-likeness (QED) is 0.665. The van der Waals surface area contributed by atoms with Crippen LogP contribution in [0.25, 0.3) is 0 Å². The van der Waals surface area contributed by atoms with Crippen LogP contribution in [0.1, 0.15) is 13.8 Å². The average molecular weight is 199 g/mol. The van der Waals surface area contributed by atoms with Crippen molar-refractivity contribution in [3.8, 4) is 0 Å². The van der Waals surface area contributed by atoms with E-state index in [0.717, 1.165) is 0 Å². The van der Waals surface area contributed by atoms with Crippen LogP contribution < -0.4 is 0 Å². The number of hydrogen-bond acceptors (Lipinski definition) is 3. The van der Waals surface area contributed by atoms with Gasteiger partial charge in [0.15, 0.2) is 0 Å². The molecule has 72 valence electrons. The zero-order valence-electron chi connectivity index (χ0n) is 6.78. The Kier molecular flexibility index (Phi) is 9.22. The fourth-order valence-corrected chi connectivity index (χ4v) is 0.295. The van der Waals surface area contributed by atoms with Gasteiger partial charge in [0.1, 0.15) is 0 Å². The number of carbonyl (C=O) groups excluding carboxylic acids is 1. The molecule has 0 atom stereocenters. The third kappa shape index (κ3) is 35.9. The number of carboxylic acid groups (broad SMARTS) is 2. The van der Waals surface area contributed by atoms with Crippen molar-refractivity contribution in [3.05, 3.63) is 0 Å². The van der Waals surface area contributed by atoms with Crippen molar-refractivity contribution in [1.29, 1.82) is 0 Å². The molecule has 0 fully saturated rings. The van der Waals surface area contributed by atoms with Crippen molar-refractivity contribution in [2.75, 3.05) is 6.61 Å². The van der Waals surface area contributed by atoms with Crippen LogP contribution in [0.4, 0.5) is 9.59 Å². The van der Waals surface area contributed by atoms with Crippen LogP contribution in [-0.2, 0) is 4.74 Å². The minimum Gasteiger partial charge on any atom is -0.453 e. The third-order valence-corrected chi connectivity index (χ3v) is 0.639. The van der Waals surface area contributed by atoms with Gasteiger partial charge < -0.3 is 14.9 Å². The number of rotatable bonds is 2. The first-order valence-electron chi connectivity index (χ1n) is 3.10. The van der Waals surface area contributed by atoms with Gasteiger partial charge in [-0.3, -0.25) is 0 Å². The molecule has 6 heteroatoms. The lowest BCUT2D eigenvalue weighted by molar-refractivity contribution is 0.137. The van der Waals surface area contributed by atoms with Crippen LogP contribution in [0, 0.1) is 5.92 Å². The molecule has 0 saturated heterocycles. The molecule has 0 aromatic carbocycles. The molecule has 0 amide bonds. The highest BCUT2D eigenvalue weighted by Crippen LogP contribution is 1.94. The summed E-state index contributed by atoms with van der Waals surface area (Å²) in [6.45, 7) is 4.29. The molecule has 2 N–H and O–H groups in total. The van der Waals surface area contributed by atoms with Gasteiger partial charge in [-0.05, 0) is 5.92 Å². The Morgan fingerprint density at radius 2 is 1.75 bits per heavy atom. The summed E-state index contributed by atoms with van der Waals surface area (Å²) in [6.07, 6.45) is -1.83. The maximum absolute atomic E-state index is 9.89. The first-order chi connectivity index (χ1) is 5.36. The van der Waals surface area contributed by atoms with E-state index in [2.05, 4.69) is 4.74 Å². The highest BCUT2D eigenvalue weighted by atomic mass is 35.5. The summed E-state index contributed by atoms with van der Waals surface area (Å²) in [5.41, 5.74) is -0.723. The van der Waals surface area contributed by atoms with Crippen molar-refractivity contribution in [1.82, 2.24) is 0 Å². The molecular weight excluding hydrogens is 188 g/mol. The summed E-state index contributed by atoms with van der Waals surface area (Å²) in [5, 5.41) is 13.9. The molecule has 0 unspecified atom stereocenters. The number of halogens is 1. The Morgan fingerprint density at radius 1 is 1.42 bits per heavy atom. The van der Waals surface area contributed by atoms with Crippen LogP contribution >= 0.6 is 11.6 Å². The van der Waals surface area contributed by atoms with Gasteiger partial charge in [-0.2, -0.15) is 0 Å². The summed E-state index contributed by atoms with van der Waals surface area (Å²) in [6, 6.07) is 0. The molecule has 0 aliphatic heterocycles. The topological polar surface area (TPSA) is 83.8 Å². The number of carbonyl (C=O) groups is 2. The van der Waals surface area contributed by atoms with Crippen LogP contribution in [0.5, 0.6) is 0 Å². The molecule has 0 aliphatic carbocycles. The minimum absolute atomic E-state index is 0.359. The predicted octanol–water partition coefficient (Wildman–Crippen LogP) is 2.24. The zero-order chi connectivity index (χ0) is 10.1. The molecule has 12 heavy (non-hydrogen) atoms. The maximum Gasteiger partial charge on any atom is 0.503 e. The summed E-state index contributed by atoms with van der Waals surface area (Å²) in [5.74, 6) is 0.359. The van der Waals surface area contributed by atoms with Gasteiger partial charge in [0.05, 0.1) is 6.61 Å². The molecule has 0 saturated carbocycles. The van der Waals surface area contributed by atoms with E-state index in [1.807, 2.05) is 13.8 Å². The summed E-state index contributed by atoms with van der Waals surface area (Å²) >= 11 is 4.86.